The molecule has 0 bridgehead atoms. The van der Waals surface area contributed by atoms with Crippen LogP contribution in [0, 0.1) is 16.7 Å². The lowest BCUT2D eigenvalue weighted by Crippen LogP contribution is -2.54. The standard InChI is InChI=1S/C41H44ClN9O5/c1-25-20-41(24-50(25)28-3-2-26(21-43)33(42)19-28)12-16-48(17-13-41)36-8-7-35(45-46-36)47-14-10-29(11-15-47)56-30-22-49(23-30)27-4-5-31-32(18-27)40(55)51(39(31)54)34-6-9-37(52)44-38(34)53/h2-5,7-8,18-19,25,29-30,34H,6,9-17,20,22-24H2,1H3,(H,44,52,53)/t25-,34?/m0/s1. The summed E-state index contributed by atoms with van der Waals surface area (Å²) in [6, 6.07) is 16.7. The number of nitrogens with one attached hydrogen (secondary N) is 1. The number of carbonyl (C=O) groups excluding carboxylic acids is 4. The topological polar surface area (TPSA) is 155 Å². The van der Waals surface area contributed by atoms with Crippen LogP contribution in [0.4, 0.5) is 23.0 Å². The van der Waals surface area contributed by atoms with E-state index in [1.807, 2.05) is 24.3 Å². The lowest BCUT2D eigenvalue weighted by Gasteiger charge is -2.43. The monoisotopic (exact) mass is 777 g/mol. The van der Waals surface area contributed by atoms with Crippen LogP contribution in [0.3, 0.4) is 0 Å². The second-order valence-electron chi connectivity index (χ2n) is 16.2. The Morgan fingerprint density at radius 1 is 0.821 bits per heavy atom. The second-order valence-corrected chi connectivity index (χ2v) is 16.6. The molecule has 0 saturated carbocycles. The molecule has 5 saturated heterocycles. The highest BCUT2D eigenvalue weighted by Gasteiger charge is 2.46. The highest BCUT2D eigenvalue weighted by Crippen LogP contribution is 2.46. The van der Waals surface area contributed by atoms with Gasteiger partial charge in [-0.15, -0.1) is 10.2 Å². The van der Waals surface area contributed by atoms with E-state index in [1.54, 1.807) is 12.1 Å². The number of fused-ring (bicyclic) bond motifs is 1. The van der Waals surface area contributed by atoms with Crippen molar-refractivity contribution in [2.75, 3.05) is 65.4 Å². The van der Waals surface area contributed by atoms with Gasteiger partial charge >= 0.3 is 0 Å². The van der Waals surface area contributed by atoms with Crippen LogP contribution < -0.4 is 24.9 Å². The number of carbonyl (C=O) groups is 4. The zero-order valence-electron chi connectivity index (χ0n) is 31.3. The molecule has 1 aromatic heterocycles. The average Bonchev–Trinajstić information content (AvgIpc) is 3.64. The lowest BCUT2D eigenvalue weighted by atomic mass is 9.77. The molecular formula is C41H44ClN9O5. The smallest absolute Gasteiger partial charge is 0.262 e. The number of rotatable bonds is 7. The number of piperidine rings is 3. The van der Waals surface area contributed by atoms with Crippen molar-refractivity contribution < 1.29 is 23.9 Å². The van der Waals surface area contributed by atoms with E-state index < -0.39 is 29.7 Å². The Morgan fingerprint density at radius 3 is 2.16 bits per heavy atom. The van der Waals surface area contributed by atoms with Crippen LogP contribution in [0.25, 0.3) is 0 Å². The average molecular weight is 778 g/mol. The zero-order chi connectivity index (χ0) is 38.7. The van der Waals surface area contributed by atoms with E-state index >= 15 is 0 Å². The van der Waals surface area contributed by atoms with E-state index in [4.69, 9.17) is 16.3 Å². The Kier molecular flexibility index (Phi) is 9.32. The van der Waals surface area contributed by atoms with Gasteiger partial charge in [-0.3, -0.25) is 29.4 Å². The van der Waals surface area contributed by atoms with Gasteiger partial charge in [0, 0.05) is 69.7 Å². The quantitative estimate of drug-likeness (QED) is 0.343. The number of hydrogen-bond donors (Lipinski definition) is 1. The van der Waals surface area contributed by atoms with Gasteiger partial charge in [0.15, 0.2) is 11.6 Å². The van der Waals surface area contributed by atoms with Gasteiger partial charge < -0.3 is 24.3 Å². The van der Waals surface area contributed by atoms with Crippen molar-refractivity contribution in [3.05, 3.63) is 70.2 Å². The number of aromatic nitrogens is 2. The summed E-state index contributed by atoms with van der Waals surface area (Å²) >= 11 is 6.37. The fourth-order valence-corrected chi connectivity index (χ4v) is 9.77. The number of anilines is 4. The first kappa shape index (κ1) is 36.4. The minimum atomic E-state index is -0.977. The van der Waals surface area contributed by atoms with E-state index in [-0.39, 0.29) is 41.6 Å². The van der Waals surface area contributed by atoms with Gasteiger partial charge in [-0.05, 0) is 99.4 Å². The third-order valence-corrected chi connectivity index (χ3v) is 13.1. The second kappa shape index (κ2) is 14.4. The molecule has 6 aliphatic heterocycles. The molecule has 1 spiro atoms. The van der Waals surface area contributed by atoms with E-state index in [0.717, 1.165) is 92.7 Å². The summed E-state index contributed by atoms with van der Waals surface area (Å²) in [4.78, 5) is 60.5. The molecule has 2 atom stereocenters. The SMILES string of the molecule is C[C@H]1CC2(CCN(c3ccc(N4CCC(OC5CN(c6ccc7c(c6)C(=O)N(C6CCC(=O)NC6=O)C7=O)C5)CC4)nn3)CC2)CN1c1ccc(C#N)c(Cl)c1. The van der Waals surface area contributed by atoms with E-state index in [0.29, 0.717) is 29.7 Å². The Bertz CT molecular complexity index is 2120. The molecule has 290 valence electrons. The minimum absolute atomic E-state index is 0.0739. The molecule has 0 aliphatic carbocycles. The number of halogens is 1. The van der Waals surface area contributed by atoms with Gasteiger partial charge in [-0.1, -0.05) is 11.6 Å². The Labute approximate surface area is 330 Å². The van der Waals surface area contributed by atoms with Crippen LogP contribution >= 0.6 is 11.6 Å². The maximum Gasteiger partial charge on any atom is 0.262 e. The molecule has 0 radical (unpaired) electrons. The summed E-state index contributed by atoms with van der Waals surface area (Å²) in [7, 11) is 0. The first-order valence-electron chi connectivity index (χ1n) is 19.6. The zero-order valence-corrected chi connectivity index (χ0v) is 32.1. The first-order chi connectivity index (χ1) is 27.1. The Morgan fingerprint density at radius 2 is 1.50 bits per heavy atom. The first-order valence-corrected chi connectivity index (χ1v) is 20.0. The van der Waals surface area contributed by atoms with E-state index in [9.17, 15) is 24.4 Å². The lowest BCUT2D eigenvalue weighted by molar-refractivity contribution is -0.136. The molecule has 56 heavy (non-hydrogen) atoms. The summed E-state index contributed by atoms with van der Waals surface area (Å²) < 4.78 is 6.47. The maximum absolute atomic E-state index is 13.3. The molecule has 7 heterocycles. The van der Waals surface area contributed by atoms with Crippen LogP contribution in [0.5, 0.6) is 0 Å². The van der Waals surface area contributed by atoms with E-state index in [1.165, 1.54) is 0 Å². The van der Waals surface area contributed by atoms with Gasteiger partial charge in [0.05, 0.1) is 33.9 Å². The van der Waals surface area contributed by atoms with Crippen molar-refractivity contribution in [2.24, 2.45) is 5.41 Å². The minimum Gasteiger partial charge on any atom is -0.371 e. The highest BCUT2D eigenvalue weighted by atomic mass is 35.5. The van der Waals surface area contributed by atoms with Crippen molar-refractivity contribution >= 4 is 58.2 Å². The van der Waals surface area contributed by atoms with Crippen molar-refractivity contribution in [2.45, 2.75) is 76.2 Å². The summed E-state index contributed by atoms with van der Waals surface area (Å²) in [5, 5.41) is 21.3. The number of nitrogens with zero attached hydrogens (tertiary/aromatic N) is 8. The van der Waals surface area contributed by atoms with Crippen LogP contribution in [-0.4, -0.2) is 109 Å². The summed E-state index contributed by atoms with van der Waals surface area (Å²) in [6.07, 6.45) is 5.54. The normalized spacial score (nSPS) is 24.1. The van der Waals surface area contributed by atoms with Crippen LogP contribution in [0.1, 0.15) is 78.1 Å². The molecule has 1 N–H and O–H groups in total. The molecule has 3 aromatic rings. The van der Waals surface area contributed by atoms with Crippen LogP contribution in [0.15, 0.2) is 48.5 Å². The predicted molar refractivity (Wildman–Crippen MR) is 209 cm³/mol. The van der Waals surface area contributed by atoms with Gasteiger partial charge in [-0.25, -0.2) is 0 Å². The van der Waals surface area contributed by atoms with Gasteiger partial charge in [0.2, 0.25) is 11.8 Å². The highest BCUT2D eigenvalue weighted by molar-refractivity contribution is 6.32. The van der Waals surface area contributed by atoms with Gasteiger partial charge in [0.25, 0.3) is 11.8 Å². The molecule has 1 unspecified atom stereocenters. The largest absolute Gasteiger partial charge is 0.371 e. The number of nitriles is 1. The van der Waals surface area contributed by atoms with E-state index in [2.05, 4.69) is 60.2 Å². The number of hydrogen-bond acceptors (Lipinski definition) is 12. The molecule has 4 amide bonds. The third-order valence-electron chi connectivity index (χ3n) is 12.7. The fraction of sp³-hybridized carbons (Fsp3) is 0.488. The third kappa shape index (κ3) is 6.60. The Balaban J connectivity index is 0.725. The number of imide groups is 2. The molecular weight excluding hydrogens is 734 g/mol. The number of amides is 4. The summed E-state index contributed by atoms with van der Waals surface area (Å²) in [6.45, 7) is 8.20. The number of benzene rings is 2. The van der Waals surface area contributed by atoms with Crippen molar-refractivity contribution in [3.63, 3.8) is 0 Å². The molecule has 5 fully saturated rings. The van der Waals surface area contributed by atoms with Crippen LogP contribution in [-0.2, 0) is 14.3 Å². The number of ether oxygens (including phenoxy) is 1. The predicted octanol–water partition coefficient (Wildman–Crippen LogP) is 4.16. The van der Waals surface area contributed by atoms with Crippen LogP contribution in [0.2, 0.25) is 5.02 Å². The van der Waals surface area contributed by atoms with Gasteiger partial charge in [0.1, 0.15) is 12.1 Å². The molecule has 9 rings (SSSR count). The summed E-state index contributed by atoms with van der Waals surface area (Å²) in [5.41, 5.74) is 3.24. The van der Waals surface area contributed by atoms with Crippen molar-refractivity contribution in [1.29, 1.82) is 5.26 Å². The maximum atomic E-state index is 13.3. The molecule has 15 heteroatoms. The van der Waals surface area contributed by atoms with Crippen molar-refractivity contribution in [1.82, 2.24) is 20.4 Å². The summed E-state index contributed by atoms with van der Waals surface area (Å²) in [5.74, 6) is -0.200. The van der Waals surface area contributed by atoms with Gasteiger partial charge in [-0.2, -0.15) is 5.26 Å². The fourth-order valence-electron chi connectivity index (χ4n) is 9.55. The molecule has 14 nitrogen and oxygen atoms in total. The Hall–Kier alpha value is -5.26. The van der Waals surface area contributed by atoms with Crippen molar-refractivity contribution in [3.8, 4) is 6.07 Å². The molecule has 2 aromatic carbocycles. The molecule has 6 aliphatic rings.